The molecule has 0 saturated carbocycles. The van der Waals surface area contributed by atoms with Crippen LogP contribution in [-0.4, -0.2) is 38.5 Å². The Morgan fingerprint density at radius 2 is 1.51 bits per heavy atom. The lowest BCUT2D eigenvalue weighted by molar-refractivity contribution is 0.0507. The number of carbonyl (C=O) groups excluding carboxylic acids is 3. The zero-order valence-electron chi connectivity index (χ0n) is 21.6. The number of ether oxygens (including phenoxy) is 1. The van der Waals surface area contributed by atoms with Crippen molar-refractivity contribution in [2.45, 2.75) is 6.92 Å². The van der Waals surface area contributed by atoms with E-state index in [1.54, 1.807) is 37.8 Å². The number of amides is 2. The Morgan fingerprint density at radius 1 is 0.821 bits per heavy atom. The number of imidazole rings is 1. The second kappa shape index (κ2) is 9.29. The van der Waals surface area contributed by atoms with Crippen LogP contribution in [0.3, 0.4) is 0 Å². The zero-order valence-corrected chi connectivity index (χ0v) is 21.6. The molecule has 2 N–H and O–H groups in total. The molecule has 0 aliphatic carbocycles. The van der Waals surface area contributed by atoms with Gasteiger partial charge in [-0.25, -0.2) is 9.78 Å². The summed E-state index contributed by atoms with van der Waals surface area (Å²) in [6.45, 7) is 1.93. The van der Waals surface area contributed by atoms with E-state index in [2.05, 4.69) is 39.9 Å². The first-order valence-corrected chi connectivity index (χ1v) is 12.5. The van der Waals surface area contributed by atoms with Crippen LogP contribution in [0.4, 0.5) is 11.5 Å². The third-order valence-electron chi connectivity index (χ3n) is 6.84. The van der Waals surface area contributed by atoms with Gasteiger partial charge in [0.1, 0.15) is 5.69 Å². The zero-order chi connectivity index (χ0) is 27.3. The highest BCUT2D eigenvalue weighted by Crippen LogP contribution is 2.36. The summed E-state index contributed by atoms with van der Waals surface area (Å²) in [6.07, 6.45) is 3.20. The van der Waals surface area contributed by atoms with Gasteiger partial charge < -0.3 is 24.5 Å². The van der Waals surface area contributed by atoms with Crippen molar-refractivity contribution in [3.05, 3.63) is 90.1 Å². The van der Waals surface area contributed by atoms with E-state index in [0.29, 0.717) is 16.9 Å². The Morgan fingerprint density at radius 3 is 2.26 bits per heavy atom. The number of hydrogen-bond donors (Lipinski definition) is 2. The van der Waals surface area contributed by atoms with Crippen molar-refractivity contribution in [2.24, 2.45) is 14.1 Å². The van der Waals surface area contributed by atoms with Gasteiger partial charge in [0.2, 0.25) is 5.82 Å². The second-order valence-electron chi connectivity index (χ2n) is 9.38. The monoisotopic (exact) mass is 519 g/mol. The number of aryl methyl sites for hydroxylation is 2. The molecular weight excluding hydrogens is 494 g/mol. The molecular formula is C30H25N5O4. The van der Waals surface area contributed by atoms with Crippen LogP contribution in [0, 0.1) is 0 Å². The van der Waals surface area contributed by atoms with E-state index >= 15 is 0 Å². The van der Waals surface area contributed by atoms with Gasteiger partial charge in [0.15, 0.2) is 5.82 Å². The van der Waals surface area contributed by atoms with Crippen LogP contribution in [0.15, 0.2) is 73.1 Å². The molecule has 9 nitrogen and oxygen atoms in total. The minimum Gasteiger partial charge on any atom is -0.460 e. The van der Waals surface area contributed by atoms with Gasteiger partial charge in [0.05, 0.1) is 12.3 Å². The van der Waals surface area contributed by atoms with Gasteiger partial charge >= 0.3 is 5.97 Å². The molecule has 0 saturated heterocycles. The lowest BCUT2D eigenvalue weighted by Crippen LogP contribution is -2.16. The first kappa shape index (κ1) is 24.2. The van der Waals surface area contributed by atoms with Gasteiger partial charge in [-0.1, -0.05) is 48.5 Å². The van der Waals surface area contributed by atoms with Crippen LogP contribution >= 0.6 is 0 Å². The minimum absolute atomic E-state index is 0.0836. The predicted octanol–water partition coefficient (Wildman–Crippen LogP) is 5.34. The average molecular weight is 520 g/mol. The Hall–Kier alpha value is -5.18. The number of carbonyl (C=O) groups is 3. The fourth-order valence-corrected chi connectivity index (χ4v) is 5.08. The van der Waals surface area contributed by atoms with Crippen LogP contribution < -0.4 is 10.6 Å². The highest BCUT2D eigenvalue weighted by atomic mass is 16.5. The highest BCUT2D eigenvalue weighted by molar-refractivity contribution is 6.27. The summed E-state index contributed by atoms with van der Waals surface area (Å²) in [5.41, 5.74) is 1.34. The molecule has 194 valence electrons. The van der Waals surface area contributed by atoms with Crippen LogP contribution in [0.5, 0.6) is 0 Å². The summed E-state index contributed by atoms with van der Waals surface area (Å²) in [5.74, 6) is -0.981. The first-order valence-electron chi connectivity index (χ1n) is 12.5. The van der Waals surface area contributed by atoms with E-state index < -0.39 is 11.9 Å². The number of anilines is 2. The molecule has 2 amide bonds. The van der Waals surface area contributed by atoms with Gasteiger partial charge in [-0.05, 0) is 51.4 Å². The molecule has 6 rings (SSSR count). The Kier molecular flexibility index (Phi) is 5.76. The molecule has 4 aromatic carbocycles. The molecule has 0 aliphatic heterocycles. The molecule has 0 bridgehead atoms. The normalized spacial score (nSPS) is 11.4. The minimum atomic E-state index is -0.573. The maximum Gasteiger partial charge on any atom is 0.374 e. The van der Waals surface area contributed by atoms with E-state index in [0.717, 1.165) is 32.3 Å². The van der Waals surface area contributed by atoms with Gasteiger partial charge in [0.25, 0.3) is 11.8 Å². The van der Waals surface area contributed by atoms with Gasteiger partial charge in [-0.2, -0.15) is 0 Å². The standard InChI is InChI=1S/C30H25N5O4/c1-4-39-30(38)27-32-24(16-35(27)3)33-29(37)23-14-20(15-34(23)2)31-28(36)22-13-11-19-9-8-17-6-5-7-18-10-12-21(22)26(19)25(17)18/h5-16H,4H2,1-3H3,(H,31,36)(H,33,37). The van der Waals surface area contributed by atoms with Crippen molar-refractivity contribution in [2.75, 3.05) is 17.2 Å². The van der Waals surface area contributed by atoms with Crippen molar-refractivity contribution in [3.8, 4) is 0 Å². The van der Waals surface area contributed by atoms with E-state index in [1.807, 2.05) is 30.3 Å². The van der Waals surface area contributed by atoms with E-state index in [1.165, 1.54) is 10.8 Å². The first-order chi connectivity index (χ1) is 18.8. The maximum atomic E-state index is 13.4. The molecule has 0 spiro atoms. The number of aromatic nitrogens is 3. The number of esters is 1. The average Bonchev–Trinajstić information content (AvgIpc) is 3.48. The van der Waals surface area contributed by atoms with Gasteiger partial charge in [-0.15, -0.1) is 0 Å². The van der Waals surface area contributed by atoms with Crippen LogP contribution in [0.2, 0.25) is 0 Å². The number of rotatable bonds is 6. The van der Waals surface area contributed by atoms with Gasteiger partial charge in [-0.3, -0.25) is 9.59 Å². The number of nitrogens with zero attached hydrogens (tertiary/aromatic N) is 3. The molecule has 2 aromatic heterocycles. The number of nitrogens with one attached hydrogen (secondary N) is 2. The molecule has 0 atom stereocenters. The van der Waals surface area contributed by atoms with E-state index in [-0.39, 0.29) is 24.2 Å². The summed E-state index contributed by atoms with van der Waals surface area (Å²) >= 11 is 0. The van der Waals surface area contributed by atoms with Crippen LogP contribution in [0.25, 0.3) is 32.3 Å². The second-order valence-corrected chi connectivity index (χ2v) is 9.38. The van der Waals surface area contributed by atoms with Crippen molar-refractivity contribution in [3.63, 3.8) is 0 Å². The molecule has 0 radical (unpaired) electrons. The fraction of sp³-hybridized carbons (Fsp3) is 0.133. The lowest BCUT2D eigenvalue weighted by Gasteiger charge is -2.13. The van der Waals surface area contributed by atoms with Crippen LogP contribution in [-0.2, 0) is 18.8 Å². The molecule has 2 heterocycles. The molecule has 6 aromatic rings. The Balaban J connectivity index is 1.26. The van der Waals surface area contributed by atoms with Crippen molar-refractivity contribution in [1.82, 2.24) is 14.1 Å². The summed E-state index contributed by atoms with van der Waals surface area (Å²) < 4.78 is 8.09. The highest BCUT2D eigenvalue weighted by Gasteiger charge is 2.20. The third-order valence-corrected chi connectivity index (χ3v) is 6.84. The maximum absolute atomic E-state index is 13.4. The van der Waals surface area contributed by atoms with E-state index in [4.69, 9.17) is 4.74 Å². The smallest absolute Gasteiger partial charge is 0.374 e. The summed E-state index contributed by atoms with van der Waals surface area (Å²) in [4.78, 5) is 42.6. The van der Waals surface area contributed by atoms with Crippen molar-refractivity contribution < 1.29 is 19.1 Å². The Bertz CT molecular complexity index is 1900. The SMILES string of the molecule is CCOC(=O)c1nc(NC(=O)c2cc(NC(=O)c3ccc4ccc5cccc6ccc3c4c56)cn2C)cn1C. The van der Waals surface area contributed by atoms with Gasteiger partial charge in [0, 0.05) is 32.1 Å². The predicted molar refractivity (Wildman–Crippen MR) is 151 cm³/mol. The van der Waals surface area contributed by atoms with E-state index in [9.17, 15) is 14.4 Å². The topological polar surface area (TPSA) is 107 Å². The molecule has 0 fully saturated rings. The molecule has 0 unspecified atom stereocenters. The molecule has 9 heteroatoms. The molecule has 0 aliphatic rings. The van der Waals surface area contributed by atoms with Crippen molar-refractivity contribution >= 4 is 61.6 Å². The molecule has 39 heavy (non-hydrogen) atoms. The largest absolute Gasteiger partial charge is 0.460 e. The summed E-state index contributed by atoms with van der Waals surface area (Å²) in [5, 5.41) is 12.0. The third kappa shape index (κ3) is 4.14. The number of hydrogen-bond acceptors (Lipinski definition) is 5. The Labute approximate surface area is 223 Å². The van der Waals surface area contributed by atoms with Crippen molar-refractivity contribution in [1.29, 1.82) is 0 Å². The lowest BCUT2D eigenvalue weighted by atomic mass is 9.92. The number of benzene rings is 4. The summed E-state index contributed by atoms with van der Waals surface area (Å²) in [6, 6.07) is 19.8. The quantitative estimate of drug-likeness (QED) is 0.228. The summed E-state index contributed by atoms with van der Waals surface area (Å²) in [7, 11) is 3.35. The fourth-order valence-electron chi connectivity index (χ4n) is 5.08. The van der Waals surface area contributed by atoms with Crippen LogP contribution in [0.1, 0.15) is 38.4 Å².